The Hall–Kier alpha value is -2.50. The summed E-state index contributed by atoms with van der Waals surface area (Å²) in [5, 5.41) is 5.84. The van der Waals surface area contributed by atoms with E-state index >= 15 is 0 Å². The predicted octanol–water partition coefficient (Wildman–Crippen LogP) is -1.42. The monoisotopic (exact) mass is 425 g/mol. The standard InChI is InChI=1S/C19H31N5O6/c1-12-16(30-19(28)29-12)9-23(2)10-17(26)22-13(11-25)8-21-7-6-14-4-5-15(18(20)27)24(14)3/h11,13-15,21H,4-10H2,1-3H3,(H2,20,27)(H,22,26). The predicted molar refractivity (Wildman–Crippen MR) is 108 cm³/mol. The Bertz CT molecular complexity index is 791. The molecule has 11 heteroatoms. The molecular weight excluding hydrogens is 394 g/mol. The number of aryl methyl sites for hydroxylation is 1. The van der Waals surface area contributed by atoms with Crippen LogP contribution in [0.25, 0.3) is 0 Å². The second-order valence-corrected chi connectivity index (χ2v) is 7.72. The van der Waals surface area contributed by atoms with E-state index < -0.39 is 11.9 Å². The van der Waals surface area contributed by atoms with E-state index in [4.69, 9.17) is 14.6 Å². The van der Waals surface area contributed by atoms with Gasteiger partial charge in [-0.05, 0) is 46.8 Å². The van der Waals surface area contributed by atoms with Crippen molar-refractivity contribution in [2.45, 2.75) is 50.9 Å². The van der Waals surface area contributed by atoms with Gasteiger partial charge in [-0.3, -0.25) is 19.4 Å². The lowest BCUT2D eigenvalue weighted by Crippen LogP contribution is -2.47. The molecule has 0 aromatic carbocycles. The van der Waals surface area contributed by atoms with Crippen LogP contribution in [0.2, 0.25) is 0 Å². The first-order valence-corrected chi connectivity index (χ1v) is 9.95. The molecule has 11 nitrogen and oxygen atoms in total. The summed E-state index contributed by atoms with van der Waals surface area (Å²) in [4.78, 5) is 49.6. The largest absolute Gasteiger partial charge is 0.519 e. The number of primary amides is 1. The molecule has 2 amide bonds. The fourth-order valence-corrected chi connectivity index (χ4v) is 3.68. The molecular formula is C19H31N5O6. The van der Waals surface area contributed by atoms with E-state index in [9.17, 15) is 19.2 Å². The van der Waals surface area contributed by atoms with Gasteiger partial charge in [0.15, 0.2) is 5.76 Å². The second kappa shape index (κ2) is 11.0. The van der Waals surface area contributed by atoms with Crippen LogP contribution in [-0.2, 0) is 20.9 Å². The fraction of sp³-hybridized carbons (Fsp3) is 0.684. The van der Waals surface area contributed by atoms with Crippen LogP contribution < -0.4 is 22.2 Å². The minimum absolute atomic E-state index is 0.0278. The fourth-order valence-electron chi connectivity index (χ4n) is 3.68. The lowest BCUT2D eigenvalue weighted by Gasteiger charge is -2.24. The maximum absolute atomic E-state index is 12.2. The van der Waals surface area contributed by atoms with E-state index in [0.29, 0.717) is 30.9 Å². The van der Waals surface area contributed by atoms with E-state index in [0.717, 1.165) is 19.3 Å². The van der Waals surface area contributed by atoms with Crippen molar-refractivity contribution in [3.8, 4) is 0 Å². The van der Waals surface area contributed by atoms with Crippen LogP contribution in [0.4, 0.5) is 0 Å². The Balaban J connectivity index is 1.67. The summed E-state index contributed by atoms with van der Waals surface area (Å²) in [6, 6.07) is -0.605. The molecule has 0 bridgehead atoms. The number of likely N-dealkylation sites (tertiary alicyclic amines) is 1. The van der Waals surface area contributed by atoms with Crippen molar-refractivity contribution >= 4 is 18.1 Å². The number of rotatable bonds is 12. The second-order valence-electron chi connectivity index (χ2n) is 7.72. The molecule has 2 rings (SSSR count). The number of likely N-dealkylation sites (N-methyl/N-ethyl adjacent to an activating group) is 2. The molecule has 0 radical (unpaired) electrons. The zero-order valence-electron chi connectivity index (χ0n) is 17.7. The summed E-state index contributed by atoms with van der Waals surface area (Å²) < 4.78 is 9.70. The Morgan fingerprint density at radius 2 is 2.10 bits per heavy atom. The highest BCUT2D eigenvalue weighted by Crippen LogP contribution is 2.23. The van der Waals surface area contributed by atoms with E-state index in [-0.39, 0.29) is 37.0 Å². The van der Waals surface area contributed by atoms with E-state index in [1.165, 1.54) is 0 Å². The van der Waals surface area contributed by atoms with Gasteiger partial charge >= 0.3 is 5.82 Å². The minimum Gasteiger partial charge on any atom is -0.396 e. The van der Waals surface area contributed by atoms with Gasteiger partial charge < -0.3 is 30.0 Å². The highest BCUT2D eigenvalue weighted by molar-refractivity contribution is 5.81. The molecule has 2 heterocycles. The molecule has 4 N–H and O–H groups in total. The zero-order chi connectivity index (χ0) is 22.3. The molecule has 1 saturated heterocycles. The average Bonchev–Trinajstić information content (AvgIpc) is 3.18. The molecule has 0 aliphatic carbocycles. The molecule has 3 atom stereocenters. The van der Waals surface area contributed by atoms with Crippen molar-refractivity contribution in [2.75, 3.05) is 33.7 Å². The van der Waals surface area contributed by atoms with Gasteiger partial charge in [0.2, 0.25) is 11.8 Å². The molecule has 1 aliphatic heterocycles. The molecule has 1 aromatic heterocycles. The smallest absolute Gasteiger partial charge is 0.396 e. The molecule has 30 heavy (non-hydrogen) atoms. The summed E-state index contributed by atoms with van der Waals surface area (Å²) in [6.45, 7) is 2.83. The Labute approximate surface area is 174 Å². The number of carbonyl (C=O) groups excluding carboxylic acids is 3. The first kappa shape index (κ1) is 23.8. The van der Waals surface area contributed by atoms with Crippen LogP contribution >= 0.6 is 0 Å². The topological polar surface area (TPSA) is 151 Å². The molecule has 0 saturated carbocycles. The van der Waals surface area contributed by atoms with Crippen molar-refractivity contribution in [3.05, 3.63) is 22.1 Å². The summed E-state index contributed by atoms with van der Waals surface area (Å²) in [5.41, 5.74) is 5.39. The number of carbonyl (C=O) groups is 3. The molecule has 1 fully saturated rings. The van der Waals surface area contributed by atoms with Crippen molar-refractivity contribution in [2.24, 2.45) is 5.73 Å². The number of aldehydes is 1. The van der Waals surface area contributed by atoms with E-state index in [1.54, 1.807) is 18.9 Å². The highest BCUT2D eigenvalue weighted by Gasteiger charge is 2.33. The van der Waals surface area contributed by atoms with Gasteiger partial charge in [-0.25, -0.2) is 4.79 Å². The van der Waals surface area contributed by atoms with Crippen molar-refractivity contribution in [1.82, 2.24) is 20.4 Å². The highest BCUT2D eigenvalue weighted by atomic mass is 16.6. The number of hydrogen-bond donors (Lipinski definition) is 3. The number of hydrogen-bond acceptors (Lipinski definition) is 9. The average molecular weight is 425 g/mol. The molecule has 0 spiro atoms. The van der Waals surface area contributed by atoms with Gasteiger partial charge in [0.25, 0.3) is 0 Å². The van der Waals surface area contributed by atoms with Gasteiger partial charge in [-0.15, -0.1) is 0 Å². The Morgan fingerprint density at radius 3 is 2.67 bits per heavy atom. The van der Waals surface area contributed by atoms with E-state index in [1.807, 2.05) is 11.9 Å². The number of nitrogens with zero attached hydrogens (tertiary/aromatic N) is 2. The maximum Gasteiger partial charge on any atom is 0.519 e. The van der Waals surface area contributed by atoms with Gasteiger partial charge in [0.1, 0.15) is 12.0 Å². The van der Waals surface area contributed by atoms with Crippen LogP contribution in [0.1, 0.15) is 30.8 Å². The Morgan fingerprint density at radius 1 is 1.37 bits per heavy atom. The first-order valence-electron chi connectivity index (χ1n) is 9.95. The SMILES string of the molecule is Cc1oc(=O)oc1CN(C)CC(=O)NC(C=O)CNCCC1CCC(C(N)=O)N1C. The lowest BCUT2D eigenvalue weighted by atomic mass is 10.1. The van der Waals surface area contributed by atoms with Gasteiger partial charge in [-0.2, -0.15) is 0 Å². The minimum atomic E-state index is -0.776. The van der Waals surface area contributed by atoms with Crippen molar-refractivity contribution in [3.63, 3.8) is 0 Å². The molecule has 168 valence electrons. The molecule has 1 aliphatic rings. The summed E-state index contributed by atoms with van der Waals surface area (Å²) >= 11 is 0. The van der Waals surface area contributed by atoms with Gasteiger partial charge in [-0.1, -0.05) is 0 Å². The third kappa shape index (κ3) is 6.78. The van der Waals surface area contributed by atoms with Crippen molar-refractivity contribution in [1.29, 1.82) is 0 Å². The molecule has 3 unspecified atom stereocenters. The normalized spacial score (nSPS) is 20.4. The zero-order valence-corrected chi connectivity index (χ0v) is 17.7. The maximum atomic E-state index is 12.2. The number of amides is 2. The Kier molecular flexibility index (Phi) is 8.75. The van der Waals surface area contributed by atoms with Gasteiger partial charge in [0, 0.05) is 12.6 Å². The lowest BCUT2D eigenvalue weighted by molar-refractivity contribution is -0.124. The first-order chi connectivity index (χ1) is 14.2. The van der Waals surface area contributed by atoms with Crippen LogP contribution in [0.15, 0.2) is 13.6 Å². The summed E-state index contributed by atoms with van der Waals surface area (Å²) in [6.07, 6.45) is 3.17. The third-order valence-corrected chi connectivity index (χ3v) is 5.36. The summed E-state index contributed by atoms with van der Waals surface area (Å²) in [5.74, 6) is -0.663. The van der Waals surface area contributed by atoms with Crippen LogP contribution in [0, 0.1) is 6.92 Å². The van der Waals surface area contributed by atoms with Crippen LogP contribution in [0.5, 0.6) is 0 Å². The number of nitrogens with two attached hydrogens (primary N) is 1. The van der Waals surface area contributed by atoms with E-state index in [2.05, 4.69) is 10.6 Å². The quantitative estimate of drug-likeness (QED) is 0.271. The van der Waals surface area contributed by atoms with Crippen LogP contribution in [-0.4, -0.2) is 79.8 Å². The molecule has 1 aromatic rings. The third-order valence-electron chi connectivity index (χ3n) is 5.36. The summed E-state index contributed by atoms with van der Waals surface area (Å²) in [7, 11) is 3.59. The van der Waals surface area contributed by atoms with Crippen LogP contribution in [0.3, 0.4) is 0 Å². The number of nitrogens with one attached hydrogen (secondary N) is 2. The van der Waals surface area contributed by atoms with Crippen molar-refractivity contribution < 1.29 is 23.2 Å². The van der Waals surface area contributed by atoms with Gasteiger partial charge in [0.05, 0.1) is 25.2 Å².